The molecule has 0 amide bonds. The number of carbonyl (C=O) groups excluding carboxylic acids is 2. The molecule has 2 aliphatic rings. The summed E-state index contributed by atoms with van der Waals surface area (Å²) in [5.74, 6) is -0.778. The molecular formula is C22H23NO4. The second kappa shape index (κ2) is 7.53. The molecular weight excluding hydrogens is 342 g/mol. The first-order valence-electron chi connectivity index (χ1n) is 9.35. The van der Waals surface area contributed by atoms with E-state index < -0.39 is 6.04 Å². The van der Waals surface area contributed by atoms with Crippen LogP contribution in [0.5, 0.6) is 0 Å². The van der Waals surface area contributed by atoms with Crippen molar-refractivity contribution in [3.05, 3.63) is 59.7 Å². The summed E-state index contributed by atoms with van der Waals surface area (Å²) in [6.07, 6.45) is 1.09. The van der Waals surface area contributed by atoms with E-state index in [1.54, 1.807) is 0 Å². The van der Waals surface area contributed by atoms with Crippen LogP contribution in [0.15, 0.2) is 48.5 Å². The molecule has 1 aliphatic heterocycles. The van der Waals surface area contributed by atoms with Gasteiger partial charge in [0, 0.05) is 5.92 Å². The number of ether oxygens (including phenoxy) is 2. The summed E-state index contributed by atoms with van der Waals surface area (Å²) in [4.78, 5) is 24.4. The van der Waals surface area contributed by atoms with Gasteiger partial charge >= 0.3 is 11.9 Å². The molecule has 0 radical (unpaired) electrons. The lowest BCUT2D eigenvalue weighted by Gasteiger charge is -2.27. The quantitative estimate of drug-likeness (QED) is 0.844. The highest BCUT2D eigenvalue weighted by atomic mass is 16.5. The van der Waals surface area contributed by atoms with Crippen LogP contribution < -0.4 is 5.32 Å². The zero-order valence-electron chi connectivity index (χ0n) is 15.3. The number of nitrogens with one attached hydrogen (secondary N) is 1. The Morgan fingerprint density at radius 3 is 2.26 bits per heavy atom. The number of piperidine rings is 1. The molecule has 5 heteroatoms. The summed E-state index contributed by atoms with van der Waals surface area (Å²) in [6.45, 7) is 0.925. The molecule has 1 fully saturated rings. The minimum absolute atomic E-state index is 0.0551. The molecule has 2 aromatic carbocycles. The summed E-state index contributed by atoms with van der Waals surface area (Å²) in [7, 11) is 1.36. The topological polar surface area (TPSA) is 64.6 Å². The lowest BCUT2D eigenvalue weighted by atomic mass is 9.92. The number of fused-ring (bicyclic) bond motifs is 3. The van der Waals surface area contributed by atoms with Crippen LogP contribution in [-0.2, 0) is 19.1 Å². The fourth-order valence-corrected chi connectivity index (χ4v) is 4.18. The standard InChI is InChI=1S/C22H23NO4/c1-26-22(25)20-12-14(10-11-23-20)21(24)27-13-19-17-8-4-2-6-15(17)16-7-3-5-9-18(16)19/h2-9,14,19-20,23H,10-13H2,1H3. The van der Waals surface area contributed by atoms with E-state index in [1.807, 2.05) is 24.3 Å². The van der Waals surface area contributed by atoms with Gasteiger partial charge in [-0.1, -0.05) is 48.5 Å². The van der Waals surface area contributed by atoms with Crippen molar-refractivity contribution in [1.82, 2.24) is 5.32 Å². The van der Waals surface area contributed by atoms with Crippen molar-refractivity contribution in [3.63, 3.8) is 0 Å². The Balaban J connectivity index is 1.46. The first-order valence-corrected chi connectivity index (χ1v) is 9.35. The van der Waals surface area contributed by atoms with Gasteiger partial charge in [0.1, 0.15) is 12.6 Å². The Labute approximate surface area is 158 Å². The van der Waals surface area contributed by atoms with Gasteiger partial charge in [-0.15, -0.1) is 0 Å². The highest BCUT2D eigenvalue weighted by Crippen LogP contribution is 2.44. The van der Waals surface area contributed by atoms with Crippen LogP contribution in [-0.4, -0.2) is 38.2 Å². The molecule has 1 aliphatic carbocycles. The number of methoxy groups -OCH3 is 1. The van der Waals surface area contributed by atoms with E-state index in [2.05, 4.69) is 29.6 Å². The zero-order valence-corrected chi connectivity index (χ0v) is 15.3. The first-order chi connectivity index (χ1) is 13.2. The van der Waals surface area contributed by atoms with Crippen molar-refractivity contribution in [3.8, 4) is 11.1 Å². The molecule has 5 nitrogen and oxygen atoms in total. The maximum atomic E-state index is 12.6. The van der Waals surface area contributed by atoms with Crippen molar-refractivity contribution in [1.29, 1.82) is 0 Å². The lowest BCUT2D eigenvalue weighted by molar-refractivity contribution is -0.152. The van der Waals surface area contributed by atoms with E-state index in [-0.39, 0.29) is 23.8 Å². The molecule has 2 unspecified atom stereocenters. The molecule has 1 saturated heterocycles. The number of benzene rings is 2. The molecule has 27 heavy (non-hydrogen) atoms. The van der Waals surface area contributed by atoms with Crippen molar-refractivity contribution < 1.29 is 19.1 Å². The van der Waals surface area contributed by atoms with E-state index >= 15 is 0 Å². The second-order valence-electron chi connectivity index (χ2n) is 7.11. The van der Waals surface area contributed by atoms with Crippen LogP contribution in [0, 0.1) is 5.92 Å². The van der Waals surface area contributed by atoms with Gasteiger partial charge in [-0.2, -0.15) is 0 Å². The van der Waals surface area contributed by atoms with Gasteiger partial charge in [-0.05, 0) is 41.6 Å². The number of hydrogen-bond donors (Lipinski definition) is 1. The van der Waals surface area contributed by atoms with Gasteiger partial charge in [0.05, 0.1) is 13.0 Å². The molecule has 0 bridgehead atoms. The normalized spacial score (nSPS) is 21.2. The lowest BCUT2D eigenvalue weighted by Crippen LogP contribution is -2.46. The molecule has 1 heterocycles. The average Bonchev–Trinajstić information content (AvgIpc) is 3.05. The third-order valence-electron chi connectivity index (χ3n) is 5.58. The third kappa shape index (κ3) is 3.35. The summed E-state index contributed by atoms with van der Waals surface area (Å²) in [5, 5.41) is 3.10. The molecule has 0 aromatic heterocycles. The van der Waals surface area contributed by atoms with Gasteiger partial charge in [0.15, 0.2) is 0 Å². The second-order valence-corrected chi connectivity index (χ2v) is 7.11. The van der Waals surface area contributed by atoms with E-state index in [0.29, 0.717) is 26.0 Å². The molecule has 0 saturated carbocycles. The maximum absolute atomic E-state index is 12.6. The van der Waals surface area contributed by atoms with Crippen molar-refractivity contribution >= 4 is 11.9 Å². The summed E-state index contributed by atoms with van der Waals surface area (Å²) in [6, 6.07) is 16.1. The average molecular weight is 365 g/mol. The van der Waals surface area contributed by atoms with E-state index in [4.69, 9.17) is 9.47 Å². The highest BCUT2D eigenvalue weighted by Gasteiger charge is 2.34. The Hall–Kier alpha value is -2.66. The van der Waals surface area contributed by atoms with E-state index in [9.17, 15) is 9.59 Å². The fourth-order valence-electron chi connectivity index (χ4n) is 4.18. The van der Waals surface area contributed by atoms with E-state index in [0.717, 1.165) is 0 Å². The number of carbonyl (C=O) groups is 2. The Bertz CT molecular complexity index is 817. The van der Waals surface area contributed by atoms with Crippen molar-refractivity contribution in [2.75, 3.05) is 20.3 Å². The largest absolute Gasteiger partial charge is 0.468 e. The molecule has 2 aromatic rings. The minimum Gasteiger partial charge on any atom is -0.468 e. The van der Waals surface area contributed by atoms with Gasteiger partial charge in [-0.25, -0.2) is 0 Å². The van der Waals surface area contributed by atoms with Crippen molar-refractivity contribution in [2.24, 2.45) is 5.92 Å². The van der Waals surface area contributed by atoms with Gasteiger partial charge < -0.3 is 14.8 Å². The van der Waals surface area contributed by atoms with Crippen LogP contribution in [0.3, 0.4) is 0 Å². The molecule has 2 atom stereocenters. The third-order valence-corrected chi connectivity index (χ3v) is 5.58. The Kier molecular flexibility index (Phi) is 4.94. The number of esters is 2. The predicted octanol–water partition coefficient (Wildman–Crippen LogP) is 2.88. The highest BCUT2D eigenvalue weighted by molar-refractivity contribution is 5.80. The van der Waals surface area contributed by atoms with Crippen LogP contribution in [0.2, 0.25) is 0 Å². The smallest absolute Gasteiger partial charge is 0.322 e. The molecule has 140 valence electrons. The Morgan fingerprint density at radius 2 is 1.63 bits per heavy atom. The monoisotopic (exact) mass is 365 g/mol. The zero-order chi connectivity index (χ0) is 18.8. The summed E-state index contributed by atoms with van der Waals surface area (Å²) in [5.41, 5.74) is 4.82. The van der Waals surface area contributed by atoms with Crippen molar-refractivity contribution in [2.45, 2.75) is 24.8 Å². The van der Waals surface area contributed by atoms with Crippen LogP contribution in [0.1, 0.15) is 29.9 Å². The molecule has 1 N–H and O–H groups in total. The molecule has 4 rings (SSSR count). The van der Waals surface area contributed by atoms with Crippen LogP contribution in [0.25, 0.3) is 11.1 Å². The predicted molar refractivity (Wildman–Crippen MR) is 101 cm³/mol. The summed E-state index contributed by atoms with van der Waals surface area (Å²) >= 11 is 0. The summed E-state index contributed by atoms with van der Waals surface area (Å²) < 4.78 is 10.5. The maximum Gasteiger partial charge on any atom is 0.322 e. The Morgan fingerprint density at radius 1 is 1.00 bits per heavy atom. The van der Waals surface area contributed by atoms with Gasteiger partial charge in [0.25, 0.3) is 0 Å². The SMILES string of the molecule is COC(=O)C1CC(C(=O)OCC2c3ccccc3-c3ccccc32)CCN1. The van der Waals surface area contributed by atoms with Gasteiger partial charge in [0.2, 0.25) is 0 Å². The molecule has 0 spiro atoms. The number of rotatable bonds is 4. The van der Waals surface area contributed by atoms with Gasteiger partial charge in [-0.3, -0.25) is 9.59 Å². The van der Waals surface area contributed by atoms with Crippen LogP contribution in [0.4, 0.5) is 0 Å². The minimum atomic E-state index is -0.436. The fraction of sp³-hybridized carbons (Fsp3) is 0.364. The van der Waals surface area contributed by atoms with E-state index in [1.165, 1.54) is 29.4 Å². The first kappa shape index (κ1) is 17.7. The number of hydrogen-bond acceptors (Lipinski definition) is 5. The van der Waals surface area contributed by atoms with Crippen LogP contribution >= 0.6 is 0 Å².